The molecule has 0 spiro atoms. The Bertz CT molecular complexity index is 1350. The van der Waals surface area contributed by atoms with E-state index in [-0.39, 0.29) is 17.5 Å². The molecule has 150 valence electrons. The molecule has 1 unspecified atom stereocenters. The second-order valence-corrected chi connectivity index (χ2v) is 9.48. The Labute approximate surface area is 174 Å². The summed E-state index contributed by atoms with van der Waals surface area (Å²) in [5.41, 5.74) is 4.86. The third-order valence-corrected chi connectivity index (χ3v) is 5.96. The first-order chi connectivity index (χ1) is 14.4. The Morgan fingerprint density at radius 3 is 2.23 bits per heavy atom. The van der Waals surface area contributed by atoms with Gasteiger partial charge >= 0.3 is 0 Å². The van der Waals surface area contributed by atoms with Crippen molar-refractivity contribution in [3.8, 4) is 0 Å². The second-order valence-electron chi connectivity index (χ2n) is 7.34. The predicted octanol–water partition coefficient (Wildman–Crippen LogP) is 5.58. The third kappa shape index (κ3) is 3.98. The van der Waals surface area contributed by atoms with E-state index in [0.717, 1.165) is 27.6 Å². The molecule has 0 radical (unpaired) electrons. The highest BCUT2D eigenvalue weighted by Gasteiger charge is 2.22. The topological polar surface area (TPSA) is 54.3 Å². The van der Waals surface area contributed by atoms with Gasteiger partial charge in [-0.05, 0) is 34.4 Å². The van der Waals surface area contributed by atoms with Crippen molar-refractivity contribution in [3.63, 3.8) is 0 Å². The lowest BCUT2D eigenvalue weighted by Gasteiger charge is -2.18. The Morgan fingerprint density at radius 1 is 1.00 bits per heavy atom. The fraction of sp³-hybridized carbons (Fsp3) is 0.125. The Balaban J connectivity index is 1.91. The number of sulfone groups is 1. The number of rotatable bonds is 5. The summed E-state index contributed by atoms with van der Waals surface area (Å²) in [6.07, 6.45) is 3.10. The van der Waals surface area contributed by atoms with Crippen LogP contribution in [0.3, 0.4) is 0 Å². The van der Waals surface area contributed by atoms with Crippen LogP contribution in [-0.2, 0) is 15.6 Å². The molecule has 1 heterocycles. The largest absolute Gasteiger partial charge is 0.361 e. The molecule has 0 saturated carbocycles. The van der Waals surface area contributed by atoms with Gasteiger partial charge in [0, 0.05) is 29.3 Å². The highest BCUT2D eigenvalue weighted by molar-refractivity contribution is 7.89. The molecule has 1 N–H and O–H groups in total. The molecule has 1 aromatic heterocycles. The van der Waals surface area contributed by atoms with Gasteiger partial charge in [-0.3, -0.25) is 0 Å². The molecular formula is C24H19FN2O2S. The predicted molar refractivity (Wildman–Crippen MR) is 117 cm³/mol. The summed E-state index contributed by atoms with van der Waals surface area (Å²) in [5, 5.41) is 0.916. The van der Waals surface area contributed by atoms with Gasteiger partial charge in [0.25, 0.3) is 0 Å². The maximum absolute atomic E-state index is 13.6. The Kier molecular flexibility index (Phi) is 5.15. The molecule has 0 saturated heterocycles. The summed E-state index contributed by atoms with van der Waals surface area (Å²) in [6, 6.07) is 19.3. The molecule has 3 aromatic carbocycles. The number of para-hydroxylation sites is 1. The number of nitrogens with one attached hydrogen (secondary N) is 1. The van der Waals surface area contributed by atoms with Crippen molar-refractivity contribution in [2.24, 2.45) is 0 Å². The first-order valence-electron chi connectivity index (χ1n) is 9.35. The van der Waals surface area contributed by atoms with E-state index in [0.29, 0.717) is 11.3 Å². The number of nitrogens with zero attached hydrogens (tertiary/aromatic N) is 1. The average molecular weight is 418 g/mol. The van der Waals surface area contributed by atoms with E-state index in [1.54, 1.807) is 30.3 Å². The van der Waals surface area contributed by atoms with Crippen LogP contribution >= 0.6 is 0 Å². The maximum Gasteiger partial charge on any atom is 0.187 e. The molecule has 4 rings (SSSR count). The van der Waals surface area contributed by atoms with Crippen LogP contribution in [0.15, 0.2) is 72.9 Å². The van der Waals surface area contributed by atoms with Crippen LogP contribution in [0.1, 0.15) is 28.2 Å². The lowest BCUT2D eigenvalue weighted by atomic mass is 9.85. The van der Waals surface area contributed by atoms with E-state index in [4.69, 9.17) is 6.57 Å². The van der Waals surface area contributed by atoms with E-state index >= 15 is 0 Å². The number of hydrogen-bond donors (Lipinski definition) is 1. The van der Waals surface area contributed by atoms with Crippen LogP contribution in [0.2, 0.25) is 0 Å². The summed E-state index contributed by atoms with van der Waals surface area (Å²) in [6.45, 7) is 7.18. The van der Waals surface area contributed by atoms with Crippen molar-refractivity contribution in [2.45, 2.75) is 11.7 Å². The smallest absolute Gasteiger partial charge is 0.187 e. The maximum atomic E-state index is 13.6. The number of aromatic nitrogens is 1. The molecular weight excluding hydrogens is 399 g/mol. The minimum atomic E-state index is -3.19. The average Bonchev–Trinajstić information content (AvgIpc) is 3.14. The quantitative estimate of drug-likeness (QED) is 0.430. The van der Waals surface area contributed by atoms with Crippen molar-refractivity contribution < 1.29 is 12.8 Å². The Morgan fingerprint density at radius 2 is 1.63 bits per heavy atom. The van der Waals surface area contributed by atoms with Crippen molar-refractivity contribution >= 4 is 26.4 Å². The zero-order valence-electron chi connectivity index (χ0n) is 16.3. The molecule has 6 heteroatoms. The van der Waals surface area contributed by atoms with E-state index < -0.39 is 9.84 Å². The summed E-state index contributed by atoms with van der Waals surface area (Å²) < 4.78 is 37.3. The number of hydrogen-bond acceptors (Lipinski definition) is 2. The molecule has 0 bridgehead atoms. The minimum Gasteiger partial charge on any atom is -0.361 e. The minimum absolute atomic E-state index is 0.0504. The van der Waals surface area contributed by atoms with Crippen LogP contribution < -0.4 is 0 Å². The standard InChI is InChI=1S/C24H19FN2O2S/c1-26-20-12-8-17(9-13-20)23(16-6-10-19(25)11-7-16)22-14-27-24-18(15-30(2,28)29)4-3-5-21(22)24/h3-14,23,27H,15H2,2H3. The second kappa shape index (κ2) is 7.77. The molecule has 4 nitrogen and oxygen atoms in total. The van der Waals surface area contributed by atoms with Gasteiger partial charge < -0.3 is 4.98 Å². The summed E-state index contributed by atoms with van der Waals surface area (Å²) in [4.78, 5) is 6.70. The van der Waals surface area contributed by atoms with Crippen molar-refractivity contribution in [1.82, 2.24) is 4.98 Å². The van der Waals surface area contributed by atoms with Crippen LogP contribution in [0.4, 0.5) is 10.1 Å². The molecule has 0 fully saturated rings. The van der Waals surface area contributed by atoms with Crippen LogP contribution in [0, 0.1) is 12.4 Å². The molecule has 1 atom stereocenters. The molecule has 0 aliphatic rings. The first kappa shape index (κ1) is 19.9. The van der Waals surface area contributed by atoms with Crippen molar-refractivity contribution in [1.29, 1.82) is 0 Å². The third-order valence-electron chi connectivity index (χ3n) is 5.12. The molecule has 0 aliphatic heterocycles. The molecule has 0 amide bonds. The highest BCUT2D eigenvalue weighted by Crippen LogP contribution is 2.37. The fourth-order valence-corrected chi connectivity index (χ4v) is 4.63. The van der Waals surface area contributed by atoms with E-state index in [9.17, 15) is 12.8 Å². The van der Waals surface area contributed by atoms with Crippen LogP contribution in [0.5, 0.6) is 0 Å². The van der Waals surface area contributed by atoms with E-state index in [2.05, 4.69) is 9.83 Å². The monoisotopic (exact) mass is 418 g/mol. The zero-order valence-corrected chi connectivity index (χ0v) is 17.1. The molecule has 0 aliphatic carbocycles. The molecule has 4 aromatic rings. The van der Waals surface area contributed by atoms with Crippen LogP contribution in [0.25, 0.3) is 15.7 Å². The number of benzene rings is 3. The summed E-state index contributed by atoms with van der Waals surface area (Å²) in [7, 11) is -3.19. The number of fused-ring (bicyclic) bond motifs is 1. The number of aromatic amines is 1. The molecule has 30 heavy (non-hydrogen) atoms. The van der Waals surface area contributed by atoms with Crippen molar-refractivity contribution in [3.05, 3.63) is 112 Å². The normalized spacial score (nSPS) is 12.6. The summed E-state index contributed by atoms with van der Waals surface area (Å²) >= 11 is 0. The lowest BCUT2D eigenvalue weighted by molar-refractivity contribution is 0.601. The van der Waals surface area contributed by atoms with Gasteiger partial charge in [0.05, 0.1) is 12.3 Å². The van der Waals surface area contributed by atoms with Gasteiger partial charge in [-0.1, -0.05) is 54.6 Å². The van der Waals surface area contributed by atoms with Gasteiger partial charge in [0.2, 0.25) is 0 Å². The fourth-order valence-electron chi connectivity index (χ4n) is 3.83. The highest BCUT2D eigenvalue weighted by atomic mass is 32.2. The summed E-state index contributed by atoms with van der Waals surface area (Å²) in [5.74, 6) is -0.562. The van der Waals surface area contributed by atoms with Gasteiger partial charge in [-0.15, -0.1) is 0 Å². The number of halogens is 1. The SMILES string of the molecule is [C-]#[N+]c1ccc(C(c2ccc(F)cc2)c2c[nH]c3c(CS(C)(=O)=O)cccc23)cc1. The number of H-pyrrole nitrogens is 1. The first-order valence-corrected chi connectivity index (χ1v) is 11.4. The van der Waals surface area contributed by atoms with Crippen LogP contribution in [-0.4, -0.2) is 19.7 Å². The van der Waals surface area contributed by atoms with Crippen molar-refractivity contribution in [2.75, 3.05) is 6.26 Å². The van der Waals surface area contributed by atoms with Gasteiger partial charge in [-0.2, -0.15) is 0 Å². The van der Waals surface area contributed by atoms with Gasteiger partial charge in [-0.25, -0.2) is 17.7 Å². The van der Waals surface area contributed by atoms with E-state index in [1.807, 2.05) is 30.5 Å². The lowest BCUT2D eigenvalue weighted by Crippen LogP contribution is -2.03. The Hall–Kier alpha value is -3.43. The van der Waals surface area contributed by atoms with E-state index in [1.165, 1.54) is 18.4 Å². The zero-order chi connectivity index (χ0) is 21.3. The van der Waals surface area contributed by atoms with Gasteiger partial charge in [0.1, 0.15) is 5.82 Å². The van der Waals surface area contributed by atoms with Gasteiger partial charge in [0.15, 0.2) is 15.5 Å².